The fourth-order valence-corrected chi connectivity index (χ4v) is 0.596. The van der Waals surface area contributed by atoms with Gasteiger partial charge in [0.2, 0.25) is 0 Å². The van der Waals surface area contributed by atoms with Crippen molar-refractivity contribution < 1.29 is 28.5 Å². The first-order valence-corrected chi connectivity index (χ1v) is 3.72. The average molecular weight is 257 g/mol. The fraction of sp³-hybridized carbons (Fsp3) is 1.00. The molecule has 0 spiro atoms. The smallest absolute Gasteiger partial charge is 0.0831 e. The van der Waals surface area contributed by atoms with Crippen LogP contribution in [0.3, 0.4) is 0 Å². The van der Waals surface area contributed by atoms with Gasteiger partial charge < -0.3 is 28.5 Å². The zero-order valence-electron chi connectivity index (χ0n) is 7.98. The molecule has 0 fully saturated rings. The third-order valence-corrected chi connectivity index (χ3v) is 2.66. The maximum Gasteiger partial charge on any atom is 0.0831 e. The lowest BCUT2D eigenvalue weighted by molar-refractivity contribution is -0.931. The first-order chi connectivity index (χ1) is 3.89. The molecule has 0 saturated heterocycles. The van der Waals surface area contributed by atoms with E-state index in [9.17, 15) is 0 Å². The van der Waals surface area contributed by atoms with Crippen LogP contribution in [0, 0.1) is 0 Å². The van der Waals surface area contributed by atoms with Crippen molar-refractivity contribution in [2.24, 2.45) is 0 Å². The summed E-state index contributed by atoms with van der Waals surface area (Å²) in [7, 11) is 4.55. The van der Waals surface area contributed by atoms with Crippen molar-refractivity contribution in [3.8, 4) is 0 Å². The standard InChI is InChI=1S/C8H20N.HI/c1-7(2)9(5,6)8(3)4;/h7-8H,1-6H3;1H/q+1;/p-1. The monoisotopic (exact) mass is 257 g/mol. The van der Waals surface area contributed by atoms with Crippen molar-refractivity contribution in [1.29, 1.82) is 0 Å². The van der Waals surface area contributed by atoms with Crippen LogP contribution in [0.4, 0.5) is 0 Å². The van der Waals surface area contributed by atoms with Crippen LogP contribution in [0.2, 0.25) is 0 Å². The SMILES string of the molecule is CC(C)[N+](C)(C)C(C)C.[I-]. The van der Waals surface area contributed by atoms with Gasteiger partial charge in [-0.2, -0.15) is 0 Å². The number of nitrogens with zero attached hydrogens (tertiary/aromatic N) is 1. The molecule has 2 heteroatoms. The Hall–Kier alpha value is 0.690. The van der Waals surface area contributed by atoms with Crippen LogP contribution in [0.15, 0.2) is 0 Å². The van der Waals surface area contributed by atoms with E-state index in [0.717, 1.165) is 16.6 Å². The van der Waals surface area contributed by atoms with Gasteiger partial charge in [0, 0.05) is 0 Å². The van der Waals surface area contributed by atoms with E-state index in [1.54, 1.807) is 0 Å². The van der Waals surface area contributed by atoms with Gasteiger partial charge in [-0.05, 0) is 27.7 Å². The van der Waals surface area contributed by atoms with Crippen LogP contribution in [0.1, 0.15) is 27.7 Å². The molecule has 0 aliphatic carbocycles. The zero-order chi connectivity index (χ0) is 7.65. The van der Waals surface area contributed by atoms with Crippen LogP contribution < -0.4 is 24.0 Å². The Morgan fingerprint density at radius 1 is 0.800 bits per heavy atom. The van der Waals surface area contributed by atoms with E-state index >= 15 is 0 Å². The van der Waals surface area contributed by atoms with Crippen molar-refractivity contribution in [1.82, 2.24) is 0 Å². The molecule has 10 heavy (non-hydrogen) atoms. The Labute approximate surface area is 82.4 Å². The topological polar surface area (TPSA) is 0 Å². The number of halogens is 1. The molecule has 0 aromatic heterocycles. The van der Waals surface area contributed by atoms with Gasteiger partial charge in [0.15, 0.2) is 0 Å². The highest BCUT2D eigenvalue weighted by atomic mass is 127. The molecule has 0 N–H and O–H groups in total. The summed E-state index contributed by atoms with van der Waals surface area (Å²) in [5.74, 6) is 0. The Balaban J connectivity index is 0. The summed E-state index contributed by atoms with van der Waals surface area (Å²) in [6.45, 7) is 9.06. The van der Waals surface area contributed by atoms with Gasteiger partial charge in [-0.1, -0.05) is 0 Å². The summed E-state index contributed by atoms with van der Waals surface area (Å²) in [6.07, 6.45) is 0. The minimum absolute atomic E-state index is 0. The van der Waals surface area contributed by atoms with E-state index in [1.807, 2.05) is 0 Å². The van der Waals surface area contributed by atoms with E-state index in [1.165, 1.54) is 0 Å². The first-order valence-electron chi connectivity index (χ1n) is 3.72. The van der Waals surface area contributed by atoms with Gasteiger partial charge in [0.05, 0.1) is 26.2 Å². The Kier molecular flexibility index (Phi) is 6.04. The predicted octanol–water partition coefficient (Wildman–Crippen LogP) is -1.12. The van der Waals surface area contributed by atoms with E-state index < -0.39 is 0 Å². The maximum atomic E-state index is 2.27. The lowest BCUT2D eigenvalue weighted by Crippen LogP contribution is -3.00. The molecule has 0 aliphatic heterocycles. The van der Waals surface area contributed by atoms with Crippen molar-refractivity contribution in [3.05, 3.63) is 0 Å². The highest BCUT2D eigenvalue weighted by Gasteiger charge is 2.22. The van der Waals surface area contributed by atoms with E-state index in [4.69, 9.17) is 0 Å². The fourth-order valence-electron chi connectivity index (χ4n) is 0.596. The minimum Gasteiger partial charge on any atom is -1.00 e. The molecule has 0 atom stereocenters. The molecule has 0 amide bonds. The summed E-state index contributed by atoms with van der Waals surface area (Å²) in [5.41, 5.74) is 0. The number of hydrogen-bond donors (Lipinski definition) is 0. The first kappa shape index (κ1) is 13.3. The van der Waals surface area contributed by atoms with Crippen molar-refractivity contribution in [2.75, 3.05) is 14.1 Å². The zero-order valence-corrected chi connectivity index (χ0v) is 10.1. The van der Waals surface area contributed by atoms with Gasteiger partial charge in [0.1, 0.15) is 0 Å². The molecule has 0 aromatic rings. The second kappa shape index (κ2) is 4.54. The summed E-state index contributed by atoms with van der Waals surface area (Å²) >= 11 is 0. The van der Waals surface area contributed by atoms with Crippen molar-refractivity contribution >= 4 is 0 Å². The highest BCUT2D eigenvalue weighted by Crippen LogP contribution is 2.10. The number of hydrogen-bond acceptors (Lipinski definition) is 0. The summed E-state index contributed by atoms with van der Waals surface area (Å²) in [4.78, 5) is 0. The maximum absolute atomic E-state index is 2.27. The van der Waals surface area contributed by atoms with Crippen LogP contribution in [0.5, 0.6) is 0 Å². The third kappa shape index (κ3) is 3.19. The van der Waals surface area contributed by atoms with E-state index in [2.05, 4.69) is 41.8 Å². The molecule has 0 aliphatic rings. The van der Waals surface area contributed by atoms with Crippen LogP contribution in [0.25, 0.3) is 0 Å². The van der Waals surface area contributed by atoms with Crippen LogP contribution >= 0.6 is 0 Å². The highest BCUT2D eigenvalue weighted by molar-refractivity contribution is 4.44. The third-order valence-electron chi connectivity index (χ3n) is 2.66. The van der Waals surface area contributed by atoms with Crippen molar-refractivity contribution in [2.45, 2.75) is 39.8 Å². The quantitative estimate of drug-likeness (QED) is 0.434. The molecule has 0 heterocycles. The van der Waals surface area contributed by atoms with Crippen LogP contribution in [-0.2, 0) is 0 Å². The van der Waals surface area contributed by atoms with E-state index in [-0.39, 0.29) is 24.0 Å². The largest absolute Gasteiger partial charge is 1.00 e. The minimum atomic E-state index is 0. The molecular weight excluding hydrogens is 237 g/mol. The van der Waals surface area contributed by atoms with Crippen molar-refractivity contribution in [3.63, 3.8) is 0 Å². The number of rotatable bonds is 2. The molecule has 0 bridgehead atoms. The van der Waals surface area contributed by atoms with Gasteiger partial charge in [-0.25, -0.2) is 0 Å². The summed E-state index contributed by atoms with van der Waals surface area (Å²) < 4.78 is 1.11. The van der Waals surface area contributed by atoms with Gasteiger partial charge in [-0.15, -0.1) is 0 Å². The second-order valence-corrected chi connectivity index (χ2v) is 3.82. The summed E-state index contributed by atoms with van der Waals surface area (Å²) in [6, 6.07) is 1.45. The lowest BCUT2D eigenvalue weighted by atomic mass is 10.2. The average Bonchev–Trinajstić information content (AvgIpc) is 1.65. The molecule has 0 rings (SSSR count). The Bertz CT molecular complexity index is 77.3. The number of quaternary nitrogens is 1. The van der Waals surface area contributed by atoms with Gasteiger partial charge in [0.25, 0.3) is 0 Å². The normalized spacial score (nSPS) is 12.0. The molecule has 0 saturated carbocycles. The molecule has 0 radical (unpaired) electrons. The van der Waals surface area contributed by atoms with Gasteiger partial charge >= 0.3 is 0 Å². The van der Waals surface area contributed by atoms with E-state index in [0.29, 0.717) is 0 Å². The molecule has 0 aromatic carbocycles. The van der Waals surface area contributed by atoms with Gasteiger partial charge in [-0.3, -0.25) is 0 Å². The molecular formula is C8H20IN. The predicted molar refractivity (Wildman–Crippen MR) is 42.4 cm³/mol. The van der Waals surface area contributed by atoms with Crippen LogP contribution in [-0.4, -0.2) is 30.7 Å². The summed E-state index contributed by atoms with van der Waals surface area (Å²) in [5, 5.41) is 0. The molecule has 64 valence electrons. The Morgan fingerprint density at radius 3 is 1.00 bits per heavy atom. The Morgan fingerprint density at radius 2 is 1.00 bits per heavy atom. The second-order valence-electron chi connectivity index (χ2n) is 3.82. The molecule has 0 unspecified atom stereocenters. The molecule has 1 nitrogen and oxygen atoms in total. The lowest BCUT2D eigenvalue weighted by Gasteiger charge is -2.38.